The molecule has 0 aliphatic rings. The van der Waals surface area contributed by atoms with Gasteiger partial charge in [0.1, 0.15) is 0 Å². The second-order valence-electron chi connectivity index (χ2n) is 5.91. The third-order valence-corrected chi connectivity index (χ3v) is 8.44. The minimum atomic E-state index is -1.06. The van der Waals surface area contributed by atoms with Crippen molar-refractivity contribution in [3.63, 3.8) is 0 Å². The van der Waals surface area contributed by atoms with Crippen molar-refractivity contribution < 1.29 is 70.8 Å². The monoisotopic (exact) mass is 722 g/mol. The van der Waals surface area contributed by atoms with Crippen LogP contribution in [0.3, 0.4) is 0 Å². The molecule has 0 aromatic rings. The molecule has 0 fully saturated rings. The smallest absolute Gasteiger partial charge is 0.313 e. The van der Waals surface area contributed by atoms with E-state index in [1.807, 2.05) is 83.1 Å². The van der Waals surface area contributed by atoms with E-state index in [0.29, 0.717) is 79.3 Å². The Kier molecular flexibility index (Phi) is 62.0. The predicted molar refractivity (Wildman–Crippen MR) is 167 cm³/mol. The fourth-order valence-electron chi connectivity index (χ4n) is 1.71. The van der Waals surface area contributed by atoms with Gasteiger partial charge in [-0.1, -0.05) is 0 Å². The summed E-state index contributed by atoms with van der Waals surface area (Å²) in [7, 11) is -4.24. The Labute approximate surface area is 267 Å². The van der Waals surface area contributed by atoms with Crippen molar-refractivity contribution in [2.24, 2.45) is 0 Å². The van der Waals surface area contributed by atoms with Gasteiger partial charge in [0.25, 0.3) is 0 Å². The van der Waals surface area contributed by atoms with Gasteiger partial charge in [0, 0.05) is 16.5 Å². The summed E-state index contributed by atoms with van der Waals surface area (Å²) in [6, 6.07) is 0. The van der Waals surface area contributed by atoms with Gasteiger partial charge in [-0.25, -0.2) is 0 Å². The van der Waals surface area contributed by atoms with Gasteiger partial charge < -0.3 is 54.3 Å². The Morgan fingerprint density at radius 1 is 0.220 bits per heavy atom. The average Bonchev–Trinajstić information content (AvgIpc) is 2.92. The summed E-state index contributed by atoms with van der Waals surface area (Å²) in [6.45, 7) is 30.8. The predicted octanol–water partition coefficient (Wildman–Crippen LogP) is 9.29. The van der Waals surface area contributed by atoms with Crippen LogP contribution < -0.4 is 0 Å². The third-order valence-electron chi connectivity index (χ3n) is 2.81. The van der Waals surface area contributed by atoms with Crippen LogP contribution in [-0.4, -0.2) is 79.3 Å². The van der Waals surface area contributed by atoms with Crippen molar-refractivity contribution in [3.05, 3.63) is 0 Å². The molecule has 258 valence electrons. The Bertz CT molecular complexity index is 302. The molecule has 0 aliphatic carbocycles. The fourth-order valence-corrected chi connectivity index (χ4v) is 5.14. The van der Waals surface area contributed by atoms with Gasteiger partial charge in [0.2, 0.25) is 0 Å². The maximum Gasteiger partial charge on any atom is 0.332 e. The van der Waals surface area contributed by atoms with Crippen LogP contribution in [0.1, 0.15) is 83.1 Å². The molecule has 41 heavy (non-hydrogen) atoms. The van der Waals surface area contributed by atoms with Gasteiger partial charge in [-0.15, -0.1) is 0 Å². The molecule has 17 heteroatoms. The van der Waals surface area contributed by atoms with Crippen LogP contribution in [0.4, 0.5) is 0 Å². The van der Waals surface area contributed by atoms with Crippen molar-refractivity contribution in [2.75, 3.05) is 79.3 Å². The topological polar surface area (TPSA) is 111 Å². The summed E-state index contributed by atoms with van der Waals surface area (Å²) in [4.78, 5) is 0. The first kappa shape index (κ1) is 52.3. The maximum absolute atomic E-state index is 5.14. The summed E-state index contributed by atoms with van der Waals surface area (Å²) < 4.78 is 61.7. The molecule has 0 atom stereocenters. The second kappa shape index (κ2) is 48.6. The van der Waals surface area contributed by atoms with Gasteiger partial charge in [-0.2, -0.15) is 0 Å². The van der Waals surface area contributed by atoms with Gasteiger partial charge in [0.05, 0.1) is 79.3 Å². The molecule has 0 saturated heterocycles. The van der Waals surface area contributed by atoms with Crippen LogP contribution >= 0.6 is 34.4 Å². The van der Waals surface area contributed by atoms with Crippen molar-refractivity contribution in [2.45, 2.75) is 83.1 Å². The number of hydrogen-bond donors (Lipinski definition) is 0. The molecule has 0 heterocycles. The van der Waals surface area contributed by atoms with E-state index in [1.165, 1.54) is 0 Å². The minimum Gasteiger partial charge on any atom is -0.313 e. The Hall–Kier alpha value is 1.73. The first-order valence-electron chi connectivity index (χ1n) is 14.1. The van der Waals surface area contributed by atoms with Crippen molar-refractivity contribution in [1.82, 2.24) is 0 Å². The van der Waals surface area contributed by atoms with E-state index < -0.39 is 34.4 Å². The Balaban J connectivity index is -0.000000139. The quantitative estimate of drug-likeness (QED) is 0.0699. The van der Waals surface area contributed by atoms with Gasteiger partial charge >= 0.3 is 34.4 Å². The van der Waals surface area contributed by atoms with Crippen LogP contribution in [0.15, 0.2) is 0 Å². The summed E-state index contributed by atoms with van der Waals surface area (Å²) in [5.74, 6) is 0. The van der Waals surface area contributed by atoms with Crippen LogP contribution in [0.25, 0.3) is 0 Å². The van der Waals surface area contributed by atoms with Crippen molar-refractivity contribution in [1.29, 1.82) is 0 Å². The van der Waals surface area contributed by atoms with E-state index in [0.717, 1.165) is 0 Å². The van der Waals surface area contributed by atoms with Crippen molar-refractivity contribution >= 4 is 34.4 Å². The SMILES string of the molecule is CCOP(OCC)OCC.CCOP(OCC)OCC.CCOP(OCC)OCC.CCOP(OCC)OCC.[Ni]. The molecule has 0 unspecified atom stereocenters. The van der Waals surface area contributed by atoms with Crippen LogP contribution in [0.5, 0.6) is 0 Å². The number of rotatable bonds is 24. The zero-order chi connectivity index (χ0) is 31.3. The van der Waals surface area contributed by atoms with Crippen LogP contribution in [0, 0.1) is 0 Å². The summed E-state index contributed by atoms with van der Waals surface area (Å²) in [6.07, 6.45) is 0. The summed E-state index contributed by atoms with van der Waals surface area (Å²) >= 11 is 0. The zero-order valence-electron chi connectivity index (χ0n) is 27.5. The molecule has 0 aliphatic heterocycles. The molecular formula is C24H60NiO12P4. The van der Waals surface area contributed by atoms with E-state index >= 15 is 0 Å². The molecule has 0 N–H and O–H groups in total. The van der Waals surface area contributed by atoms with E-state index in [4.69, 9.17) is 54.3 Å². The molecule has 0 rings (SSSR count). The second-order valence-corrected chi connectivity index (χ2v) is 10.8. The molecule has 0 bridgehead atoms. The molecule has 0 amide bonds. The number of hydrogen-bond acceptors (Lipinski definition) is 12. The van der Waals surface area contributed by atoms with Crippen molar-refractivity contribution in [3.8, 4) is 0 Å². The summed E-state index contributed by atoms with van der Waals surface area (Å²) in [5.41, 5.74) is 0. The van der Waals surface area contributed by atoms with E-state index in [-0.39, 0.29) is 16.5 Å². The molecule has 0 aromatic carbocycles. The average molecular weight is 723 g/mol. The molecular weight excluding hydrogens is 663 g/mol. The van der Waals surface area contributed by atoms with Crippen LogP contribution in [0.2, 0.25) is 0 Å². The standard InChI is InChI=1S/4C6H15O3P.Ni/c4*1-4-7-10(8-5-2)9-6-3;/h4*4-6H2,1-3H3;. The fraction of sp³-hybridized carbons (Fsp3) is 1.00. The maximum atomic E-state index is 5.14. The summed E-state index contributed by atoms with van der Waals surface area (Å²) in [5, 5.41) is 0. The molecule has 0 spiro atoms. The van der Waals surface area contributed by atoms with E-state index in [2.05, 4.69) is 0 Å². The van der Waals surface area contributed by atoms with Gasteiger partial charge in [0.15, 0.2) is 0 Å². The third kappa shape index (κ3) is 46.3. The first-order chi connectivity index (χ1) is 19.4. The Morgan fingerprint density at radius 2 is 0.293 bits per heavy atom. The molecule has 0 radical (unpaired) electrons. The van der Waals surface area contributed by atoms with E-state index in [9.17, 15) is 0 Å². The van der Waals surface area contributed by atoms with E-state index in [1.54, 1.807) is 0 Å². The van der Waals surface area contributed by atoms with Gasteiger partial charge in [-0.05, 0) is 83.1 Å². The molecule has 12 nitrogen and oxygen atoms in total. The molecule has 0 aromatic heterocycles. The first-order valence-corrected chi connectivity index (χ1v) is 18.5. The minimum absolute atomic E-state index is 0. The zero-order valence-corrected chi connectivity index (χ0v) is 32.1. The molecule has 0 saturated carbocycles. The van der Waals surface area contributed by atoms with Crippen LogP contribution in [-0.2, 0) is 70.8 Å². The largest absolute Gasteiger partial charge is 0.332 e. The van der Waals surface area contributed by atoms with Gasteiger partial charge in [-0.3, -0.25) is 0 Å². The Morgan fingerprint density at radius 3 is 0.341 bits per heavy atom. The normalized spacial score (nSPS) is 10.5.